The van der Waals surface area contributed by atoms with E-state index < -0.39 is 0 Å². The van der Waals surface area contributed by atoms with Gasteiger partial charge < -0.3 is 10.6 Å². The van der Waals surface area contributed by atoms with Crippen molar-refractivity contribution in [3.8, 4) is 0 Å². The Morgan fingerprint density at radius 2 is 1.23 bits per heavy atom. The Morgan fingerprint density at radius 1 is 0.769 bits per heavy atom. The summed E-state index contributed by atoms with van der Waals surface area (Å²) in [6.45, 7) is 6.44. The molecule has 1 rings (SSSR count). The SMILES string of the molecule is [CH]N1CCCNCCCNCCC1. The van der Waals surface area contributed by atoms with Gasteiger partial charge in [-0.2, -0.15) is 0 Å². The maximum absolute atomic E-state index is 5.79. The molecule has 0 unspecified atom stereocenters. The molecule has 0 atom stereocenters. The lowest BCUT2D eigenvalue weighted by molar-refractivity contribution is 0.347. The van der Waals surface area contributed by atoms with Crippen LogP contribution in [0.2, 0.25) is 0 Å². The van der Waals surface area contributed by atoms with E-state index >= 15 is 0 Å². The maximum atomic E-state index is 5.79. The molecule has 1 saturated heterocycles. The molecule has 13 heavy (non-hydrogen) atoms. The van der Waals surface area contributed by atoms with E-state index in [4.69, 9.17) is 7.05 Å². The van der Waals surface area contributed by atoms with E-state index in [1.807, 2.05) is 4.90 Å². The molecule has 0 amide bonds. The number of hydrogen-bond donors (Lipinski definition) is 2. The highest BCUT2D eigenvalue weighted by molar-refractivity contribution is 4.61. The predicted octanol–water partition coefficient (Wildman–Crippen LogP) is 0.320. The molecule has 0 bridgehead atoms. The summed E-state index contributed by atoms with van der Waals surface area (Å²) in [5.74, 6) is 0. The minimum atomic E-state index is 1.01. The third-order valence-electron chi connectivity index (χ3n) is 2.30. The molecule has 2 radical (unpaired) electrons. The minimum absolute atomic E-state index is 1.01. The van der Waals surface area contributed by atoms with Crippen LogP contribution in [0.1, 0.15) is 19.3 Å². The molecule has 0 aromatic rings. The van der Waals surface area contributed by atoms with Crippen molar-refractivity contribution in [2.75, 3.05) is 39.3 Å². The van der Waals surface area contributed by atoms with E-state index in [0.717, 1.165) is 52.1 Å². The number of rotatable bonds is 0. The van der Waals surface area contributed by atoms with Gasteiger partial charge in [0.2, 0.25) is 0 Å². The van der Waals surface area contributed by atoms with Crippen molar-refractivity contribution in [3.63, 3.8) is 0 Å². The van der Waals surface area contributed by atoms with Gasteiger partial charge in [0.1, 0.15) is 0 Å². The summed E-state index contributed by atoms with van der Waals surface area (Å²) in [5, 5.41) is 6.80. The van der Waals surface area contributed by atoms with Gasteiger partial charge in [0, 0.05) is 7.05 Å². The van der Waals surface area contributed by atoms with Crippen LogP contribution in [0.3, 0.4) is 0 Å². The maximum Gasteiger partial charge on any atom is 0.0438 e. The molecule has 3 heteroatoms. The van der Waals surface area contributed by atoms with Crippen molar-refractivity contribution in [2.45, 2.75) is 19.3 Å². The highest BCUT2D eigenvalue weighted by atomic mass is 15.1. The van der Waals surface area contributed by atoms with E-state index in [0.29, 0.717) is 0 Å². The lowest BCUT2D eigenvalue weighted by Gasteiger charge is -2.17. The zero-order valence-electron chi connectivity index (χ0n) is 8.39. The average molecular weight is 183 g/mol. The van der Waals surface area contributed by atoms with Crippen LogP contribution >= 0.6 is 0 Å². The third kappa shape index (κ3) is 6.02. The first-order valence-electron chi connectivity index (χ1n) is 5.30. The highest BCUT2D eigenvalue weighted by Gasteiger charge is 1.99. The standard InChI is InChI=1S/C10H21N3/c1-13-9-3-7-11-5-2-6-12-8-4-10-13/h1,11-12H,2-10H2. The second-order valence-corrected chi connectivity index (χ2v) is 3.60. The van der Waals surface area contributed by atoms with Crippen molar-refractivity contribution in [2.24, 2.45) is 0 Å². The molecular weight excluding hydrogens is 162 g/mol. The zero-order valence-corrected chi connectivity index (χ0v) is 8.39. The Balaban J connectivity index is 2.11. The van der Waals surface area contributed by atoms with E-state index in [2.05, 4.69) is 10.6 Å². The summed E-state index contributed by atoms with van der Waals surface area (Å²) < 4.78 is 0. The fraction of sp³-hybridized carbons (Fsp3) is 0.900. The molecule has 3 nitrogen and oxygen atoms in total. The molecule has 1 aliphatic heterocycles. The van der Waals surface area contributed by atoms with E-state index in [-0.39, 0.29) is 0 Å². The third-order valence-corrected chi connectivity index (χ3v) is 2.30. The number of hydrogen-bond acceptors (Lipinski definition) is 3. The van der Waals surface area contributed by atoms with Crippen LogP contribution in [0.5, 0.6) is 0 Å². The average Bonchev–Trinajstić information content (AvgIpc) is 2.11. The van der Waals surface area contributed by atoms with Crippen molar-refractivity contribution in [1.82, 2.24) is 15.5 Å². The fourth-order valence-electron chi connectivity index (χ4n) is 1.51. The zero-order chi connectivity index (χ0) is 9.36. The van der Waals surface area contributed by atoms with Gasteiger partial charge in [-0.05, 0) is 58.5 Å². The van der Waals surface area contributed by atoms with Crippen LogP contribution in [0.4, 0.5) is 0 Å². The molecule has 2 N–H and O–H groups in total. The summed E-state index contributed by atoms with van der Waals surface area (Å²) in [6, 6.07) is 0. The summed E-state index contributed by atoms with van der Waals surface area (Å²) in [5.41, 5.74) is 0. The number of nitrogens with one attached hydrogen (secondary N) is 2. The smallest absolute Gasteiger partial charge is 0.0438 e. The monoisotopic (exact) mass is 183 g/mol. The number of nitrogens with zero attached hydrogens (tertiary/aromatic N) is 1. The Morgan fingerprint density at radius 3 is 1.77 bits per heavy atom. The summed E-state index contributed by atoms with van der Waals surface area (Å²) >= 11 is 0. The first-order valence-corrected chi connectivity index (χ1v) is 5.30. The van der Waals surface area contributed by atoms with Crippen LogP contribution in [-0.4, -0.2) is 44.2 Å². The molecule has 1 fully saturated rings. The van der Waals surface area contributed by atoms with Crippen LogP contribution in [-0.2, 0) is 0 Å². The Labute approximate surface area is 81.9 Å². The molecule has 0 spiro atoms. The van der Waals surface area contributed by atoms with Gasteiger partial charge in [-0.25, -0.2) is 0 Å². The summed E-state index contributed by atoms with van der Waals surface area (Å²) in [7, 11) is 5.79. The predicted molar refractivity (Wildman–Crippen MR) is 55.5 cm³/mol. The quantitative estimate of drug-likeness (QED) is 0.566. The molecule has 0 aliphatic carbocycles. The molecule has 1 heterocycles. The lowest BCUT2D eigenvalue weighted by atomic mass is 10.3. The molecule has 0 aromatic carbocycles. The van der Waals surface area contributed by atoms with Gasteiger partial charge in [-0.1, -0.05) is 0 Å². The minimum Gasteiger partial charge on any atom is -0.317 e. The highest BCUT2D eigenvalue weighted by Crippen LogP contribution is 1.92. The van der Waals surface area contributed by atoms with Crippen LogP contribution in [0.25, 0.3) is 0 Å². The summed E-state index contributed by atoms with van der Waals surface area (Å²) in [4.78, 5) is 1.92. The van der Waals surface area contributed by atoms with Crippen LogP contribution in [0, 0.1) is 7.05 Å². The Kier molecular flexibility index (Phi) is 6.15. The second kappa shape index (κ2) is 7.30. The van der Waals surface area contributed by atoms with Gasteiger partial charge in [0.25, 0.3) is 0 Å². The van der Waals surface area contributed by atoms with Gasteiger partial charge in [-0.15, -0.1) is 0 Å². The van der Waals surface area contributed by atoms with Gasteiger partial charge in [-0.3, -0.25) is 4.90 Å². The summed E-state index contributed by atoms with van der Waals surface area (Å²) in [6.07, 6.45) is 3.54. The van der Waals surface area contributed by atoms with E-state index in [1.54, 1.807) is 0 Å². The van der Waals surface area contributed by atoms with E-state index in [9.17, 15) is 0 Å². The Bertz CT molecular complexity index is 105. The normalized spacial score (nSPS) is 24.7. The van der Waals surface area contributed by atoms with Crippen molar-refractivity contribution >= 4 is 0 Å². The first kappa shape index (κ1) is 11.0. The van der Waals surface area contributed by atoms with Crippen LogP contribution < -0.4 is 10.6 Å². The lowest BCUT2D eigenvalue weighted by Crippen LogP contribution is -2.29. The van der Waals surface area contributed by atoms with Gasteiger partial charge in [0.15, 0.2) is 0 Å². The van der Waals surface area contributed by atoms with E-state index in [1.165, 1.54) is 6.42 Å². The largest absolute Gasteiger partial charge is 0.317 e. The second-order valence-electron chi connectivity index (χ2n) is 3.60. The molecular formula is C10H21N3. The van der Waals surface area contributed by atoms with Gasteiger partial charge >= 0.3 is 0 Å². The molecule has 0 aromatic heterocycles. The Hall–Kier alpha value is -0.120. The van der Waals surface area contributed by atoms with Crippen LogP contribution in [0.15, 0.2) is 0 Å². The fourth-order valence-corrected chi connectivity index (χ4v) is 1.51. The van der Waals surface area contributed by atoms with Crippen molar-refractivity contribution < 1.29 is 0 Å². The molecule has 0 saturated carbocycles. The first-order chi connectivity index (χ1) is 6.39. The van der Waals surface area contributed by atoms with Crippen molar-refractivity contribution in [3.05, 3.63) is 7.05 Å². The van der Waals surface area contributed by atoms with Gasteiger partial charge in [0.05, 0.1) is 0 Å². The molecule has 1 aliphatic rings. The topological polar surface area (TPSA) is 27.3 Å². The molecule has 76 valence electrons. The van der Waals surface area contributed by atoms with Crippen molar-refractivity contribution in [1.29, 1.82) is 0 Å².